The van der Waals surface area contributed by atoms with E-state index in [0.29, 0.717) is 5.56 Å². The Morgan fingerprint density at radius 1 is 0.727 bits per heavy atom. The maximum atomic E-state index is 12.7. The van der Waals surface area contributed by atoms with Gasteiger partial charge in [0.1, 0.15) is 0 Å². The summed E-state index contributed by atoms with van der Waals surface area (Å²) >= 11 is 0. The first kappa shape index (κ1) is 19.8. The van der Waals surface area contributed by atoms with Gasteiger partial charge in [-0.15, -0.1) is 0 Å². The second-order valence-corrected chi connectivity index (χ2v) is 4.63. The molecule has 0 aliphatic heterocycles. The van der Waals surface area contributed by atoms with Crippen LogP contribution in [0.4, 0.5) is 26.1 Å². The molecule has 8 heteroatoms. The first-order valence-electron chi connectivity index (χ1n) is 6.11. The van der Waals surface area contributed by atoms with Crippen LogP contribution in [0.5, 0.6) is 0 Å². The van der Waals surface area contributed by atoms with Crippen molar-refractivity contribution < 1.29 is 77.5 Å². The van der Waals surface area contributed by atoms with Gasteiger partial charge in [0.25, 0.3) is 0 Å². The molecule has 0 N–H and O–H groups in total. The van der Waals surface area contributed by atoms with Gasteiger partial charge in [0, 0.05) is 5.82 Å². The topological polar surface area (TPSA) is 0 Å². The summed E-state index contributed by atoms with van der Waals surface area (Å²) in [5, 5.41) is 0. The van der Waals surface area contributed by atoms with Crippen molar-refractivity contribution in [1.29, 1.82) is 0 Å². The fourth-order valence-corrected chi connectivity index (χ4v) is 2.13. The fourth-order valence-electron chi connectivity index (χ4n) is 2.13. The molecular weight excluding hydrogens is 332 g/mol. The molecule has 0 fully saturated rings. The summed E-state index contributed by atoms with van der Waals surface area (Å²) in [6.45, 7) is -6.05. The molecule has 112 valence electrons. The van der Waals surface area contributed by atoms with E-state index in [1.165, 1.54) is 12.1 Å². The predicted octanol–water partition coefficient (Wildman–Crippen LogP) is 2.39. The molecule has 0 radical (unpaired) electrons. The Bertz CT molecular complexity index is 577. The molecule has 0 spiro atoms. The number of hydrogen-bond acceptors (Lipinski definition) is 0. The maximum absolute atomic E-state index is 12.7. The molecule has 0 saturated heterocycles. The SMILES string of the molecule is F[B-](F)(F)C(c1ccc(-c2ccccc2)cc1)C(F)(F)F.[K+]. The molecule has 0 nitrogen and oxygen atoms in total. The minimum absolute atomic E-state index is 0. The van der Waals surface area contributed by atoms with Gasteiger partial charge in [0.15, 0.2) is 0 Å². The molecule has 1 atom stereocenters. The van der Waals surface area contributed by atoms with Crippen LogP contribution in [-0.4, -0.2) is 13.2 Å². The summed E-state index contributed by atoms with van der Waals surface area (Å²) in [5.74, 6) is -3.40. The van der Waals surface area contributed by atoms with Crippen molar-refractivity contribution in [1.82, 2.24) is 0 Å². The van der Waals surface area contributed by atoms with Crippen molar-refractivity contribution in [3.8, 4) is 11.1 Å². The molecule has 0 bridgehead atoms. The van der Waals surface area contributed by atoms with Gasteiger partial charge < -0.3 is 12.9 Å². The van der Waals surface area contributed by atoms with E-state index in [2.05, 4.69) is 0 Å². The van der Waals surface area contributed by atoms with Gasteiger partial charge in [-0.2, -0.15) is 13.2 Å². The molecule has 0 aliphatic carbocycles. The van der Waals surface area contributed by atoms with Gasteiger partial charge in [-0.1, -0.05) is 60.2 Å². The summed E-state index contributed by atoms with van der Waals surface area (Å²) in [6, 6.07) is 13.0. The number of rotatable bonds is 3. The summed E-state index contributed by atoms with van der Waals surface area (Å²) in [4.78, 5) is 0. The molecule has 2 rings (SSSR count). The first-order chi connectivity index (χ1) is 9.69. The van der Waals surface area contributed by atoms with Crippen LogP contribution in [0.3, 0.4) is 0 Å². The number of halogens is 6. The predicted molar refractivity (Wildman–Crippen MR) is 69.8 cm³/mol. The van der Waals surface area contributed by atoms with Gasteiger partial charge in [-0.3, -0.25) is 0 Å². The van der Waals surface area contributed by atoms with Crippen molar-refractivity contribution >= 4 is 6.98 Å². The Morgan fingerprint density at radius 3 is 1.59 bits per heavy atom. The zero-order chi connectivity index (χ0) is 15.7. The molecule has 2 aromatic carbocycles. The minimum Gasteiger partial charge on any atom is -0.448 e. The quantitative estimate of drug-likeness (QED) is 0.594. The van der Waals surface area contributed by atoms with E-state index in [9.17, 15) is 26.1 Å². The van der Waals surface area contributed by atoms with Crippen LogP contribution in [0.1, 0.15) is 11.4 Å². The molecule has 22 heavy (non-hydrogen) atoms. The second kappa shape index (κ2) is 7.53. The first-order valence-corrected chi connectivity index (χ1v) is 6.11. The van der Waals surface area contributed by atoms with Crippen LogP contribution in [0.15, 0.2) is 54.6 Å². The van der Waals surface area contributed by atoms with Crippen molar-refractivity contribution in [2.45, 2.75) is 12.0 Å². The Morgan fingerprint density at radius 2 is 1.18 bits per heavy atom. The second-order valence-electron chi connectivity index (χ2n) is 4.63. The molecule has 0 heterocycles. The third-order valence-electron chi connectivity index (χ3n) is 3.11. The summed E-state index contributed by atoms with van der Waals surface area (Å²) in [6.07, 6.45) is -5.34. The Balaban J connectivity index is 0.00000242. The van der Waals surface area contributed by atoms with Gasteiger partial charge in [-0.25, -0.2) is 0 Å². The molecular formula is C14H10BF6K. The van der Waals surface area contributed by atoms with Gasteiger partial charge >= 0.3 is 64.5 Å². The number of hydrogen-bond donors (Lipinski definition) is 0. The molecule has 2 aromatic rings. The Kier molecular flexibility index (Phi) is 6.76. The van der Waals surface area contributed by atoms with Crippen LogP contribution < -0.4 is 51.4 Å². The van der Waals surface area contributed by atoms with Crippen LogP contribution in [0.2, 0.25) is 0 Å². The van der Waals surface area contributed by atoms with E-state index in [0.717, 1.165) is 17.7 Å². The van der Waals surface area contributed by atoms with Gasteiger partial charge in [-0.05, 0) is 11.1 Å². The molecule has 0 aliphatic rings. The monoisotopic (exact) mass is 342 g/mol. The van der Waals surface area contributed by atoms with E-state index >= 15 is 0 Å². The number of benzene rings is 2. The summed E-state index contributed by atoms with van der Waals surface area (Å²) in [5.41, 5.74) is 0.509. The normalized spacial score (nSPS) is 13.4. The van der Waals surface area contributed by atoms with Crippen LogP contribution in [-0.2, 0) is 0 Å². The van der Waals surface area contributed by atoms with Crippen LogP contribution in [0.25, 0.3) is 11.1 Å². The van der Waals surface area contributed by atoms with E-state index in [1.54, 1.807) is 30.3 Å². The third kappa shape index (κ3) is 4.86. The smallest absolute Gasteiger partial charge is 0.448 e. The van der Waals surface area contributed by atoms with E-state index < -0.39 is 24.5 Å². The average molecular weight is 342 g/mol. The summed E-state index contributed by atoms with van der Waals surface area (Å²) in [7, 11) is 0. The van der Waals surface area contributed by atoms with E-state index in [4.69, 9.17) is 0 Å². The van der Waals surface area contributed by atoms with Crippen LogP contribution >= 0.6 is 0 Å². The van der Waals surface area contributed by atoms with Crippen molar-refractivity contribution in [2.24, 2.45) is 0 Å². The van der Waals surface area contributed by atoms with Gasteiger partial charge in [0.05, 0.1) is 0 Å². The average Bonchev–Trinajstić information content (AvgIpc) is 2.37. The van der Waals surface area contributed by atoms with Crippen molar-refractivity contribution in [2.75, 3.05) is 0 Å². The minimum atomic E-state index is -6.05. The number of alkyl halides is 3. The van der Waals surface area contributed by atoms with Crippen molar-refractivity contribution in [3.05, 3.63) is 60.2 Å². The third-order valence-corrected chi connectivity index (χ3v) is 3.11. The van der Waals surface area contributed by atoms with Crippen molar-refractivity contribution in [3.63, 3.8) is 0 Å². The standard InChI is InChI=1S/C14H10BF6.K/c16-14(17,18)13(15(19,20)21)12-8-6-11(7-9-12)10-4-2-1-3-5-10;/h1-9,13H;/q-1;+1. The molecule has 0 amide bonds. The zero-order valence-corrected chi connectivity index (χ0v) is 14.7. The van der Waals surface area contributed by atoms with Gasteiger partial charge in [0.2, 0.25) is 0 Å². The van der Waals surface area contributed by atoms with E-state index in [1.807, 2.05) is 0 Å². The maximum Gasteiger partial charge on any atom is 1.00 e. The van der Waals surface area contributed by atoms with Crippen LogP contribution in [0, 0.1) is 0 Å². The molecule has 0 saturated carbocycles. The Labute approximate surface area is 166 Å². The largest absolute Gasteiger partial charge is 1.00 e. The zero-order valence-electron chi connectivity index (χ0n) is 11.6. The fraction of sp³-hybridized carbons (Fsp3) is 0.143. The molecule has 1 unspecified atom stereocenters. The Hall–Kier alpha value is -0.279. The van der Waals surface area contributed by atoms with E-state index in [-0.39, 0.29) is 51.4 Å². The summed E-state index contributed by atoms with van der Waals surface area (Å²) < 4.78 is 75.9. The molecule has 0 aromatic heterocycles.